The van der Waals surface area contributed by atoms with Gasteiger partial charge >= 0.3 is 164 Å². The van der Waals surface area contributed by atoms with Crippen LogP contribution < -0.4 is 15.9 Å². The van der Waals surface area contributed by atoms with Crippen molar-refractivity contribution in [2.24, 2.45) is 0 Å². The van der Waals surface area contributed by atoms with Crippen LogP contribution in [0, 0.1) is 0 Å². The molecule has 0 unspecified atom stereocenters. The average Bonchev–Trinajstić information content (AvgIpc) is 2.88. The zero-order valence-corrected chi connectivity index (χ0v) is 17.2. The van der Waals surface area contributed by atoms with Crippen LogP contribution in [0.15, 0.2) is 91.0 Å². The van der Waals surface area contributed by atoms with Crippen molar-refractivity contribution in [1.82, 2.24) is 0 Å². The number of benzene rings is 3. The molecular formula is C26H31P. The molecule has 140 valence electrons. The van der Waals surface area contributed by atoms with Crippen LogP contribution in [0.1, 0.15) is 38.5 Å². The summed E-state index contributed by atoms with van der Waals surface area (Å²) in [6.45, 7) is -2.49. The fourth-order valence-corrected chi connectivity index (χ4v) is 12.5. The first-order valence-electron chi connectivity index (χ1n) is 10.5. The standard InChI is InChI=1S/C26H31P/c1-2-4-15-23-27(22-14-3-1,24-16-8-5-9-17-24,25-18-10-6-11-19-25)26-20-12-7-13-21-26/h5-13,16-21H,1-4,14-15,22-23H2. The van der Waals surface area contributed by atoms with Gasteiger partial charge < -0.3 is 0 Å². The van der Waals surface area contributed by atoms with Gasteiger partial charge in [0.2, 0.25) is 0 Å². The molecule has 0 atom stereocenters. The molecule has 0 radical (unpaired) electrons. The third kappa shape index (κ3) is 3.15. The van der Waals surface area contributed by atoms with Gasteiger partial charge in [-0.05, 0) is 0 Å². The van der Waals surface area contributed by atoms with Crippen molar-refractivity contribution < 1.29 is 0 Å². The molecule has 27 heavy (non-hydrogen) atoms. The Bertz CT molecular complexity index is 726. The second-order valence-electron chi connectivity index (χ2n) is 8.08. The van der Waals surface area contributed by atoms with Crippen molar-refractivity contribution in [2.75, 3.05) is 12.3 Å². The topological polar surface area (TPSA) is 0 Å². The van der Waals surface area contributed by atoms with Crippen molar-refractivity contribution in [3.63, 3.8) is 0 Å². The van der Waals surface area contributed by atoms with Gasteiger partial charge in [-0.3, -0.25) is 0 Å². The second-order valence-corrected chi connectivity index (χ2v) is 13.5. The quantitative estimate of drug-likeness (QED) is 0.503. The van der Waals surface area contributed by atoms with Gasteiger partial charge in [-0.25, -0.2) is 0 Å². The van der Waals surface area contributed by atoms with Crippen molar-refractivity contribution in [3.8, 4) is 0 Å². The van der Waals surface area contributed by atoms with E-state index in [-0.39, 0.29) is 0 Å². The molecular weight excluding hydrogens is 343 g/mol. The molecule has 1 heteroatoms. The molecule has 4 rings (SSSR count). The third-order valence-electron chi connectivity index (χ3n) is 6.69. The number of rotatable bonds is 3. The Kier molecular flexibility index (Phi) is 5.46. The first-order valence-corrected chi connectivity index (χ1v) is 13.1. The van der Waals surface area contributed by atoms with Crippen LogP contribution >= 0.6 is 6.60 Å². The summed E-state index contributed by atoms with van der Waals surface area (Å²) < 4.78 is 0. The van der Waals surface area contributed by atoms with E-state index in [1.165, 1.54) is 50.8 Å². The molecule has 0 aliphatic carbocycles. The van der Waals surface area contributed by atoms with Crippen molar-refractivity contribution in [1.29, 1.82) is 0 Å². The molecule has 0 spiro atoms. The maximum absolute atomic E-state index is 2.49. The van der Waals surface area contributed by atoms with Gasteiger partial charge in [0.15, 0.2) is 0 Å². The summed E-state index contributed by atoms with van der Waals surface area (Å²) in [6, 6.07) is 34.6. The zero-order chi connectivity index (χ0) is 18.4. The molecule has 3 aromatic carbocycles. The van der Waals surface area contributed by atoms with Crippen LogP contribution in [0.4, 0.5) is 0 Å². The molecule has 1 fully saturated rings. The van der Waals surface area contributed by atoms with Crippen LogP contribution in [0.2, 0.25) is 0 Å². The van der Waals surface area contributed by atoms with Gasteiger partial charge in [0.25, 0.3) is 0 Å². The Morgan fingerprint density at radius 3 is 1.00 bits per heavy atom. The summed E-state index contributed by atoms with van der Waals surface area (Å²) in [5.41, 5.74) is 0. The summed E-state index contributed by atoms with van der Waals surface area (Å²) in [5.74, 6) is 0. The zero-order valence-electron chi connectivity index (χ0n) is 16.3. The van der Waals surface area contributed by atoms with Crippen LogP contribution in [-0.2, 0) is 0 Å². The van der Waals surface area contributed by atoms with E-state index in [2.05, 4.69) is 91.0 Å². The maximum atomic E-state index is 2.43. The first kappa shape index (κ1) is 18.5. The Balaban J connectivity index is 2.08. The summed E-state index contributed by atoms with van der Waals surface area (Å²) in [6.07, 6.45) is 10.8. The number of hydrogen-bond donors (Lipinski definition) is 0. The SMILES string of the molecule is c1ccc(P2(c3ccccc3)(c3ccccc3)CCCCCCCC2)cc1. The predicted molar refractivity (Wildman–Crippen MR) is 123 cm³/mol. The van der Waals surface area contributed by atoms with E-state index in [1.54, 1.807) is 15.9 Å². The molecule has 0 bridgehead atoms. The van der Waals surface area contributed by atoms with Crippen LogP contribution in [-0.4, -0.2) is 12.3 Å². The molecule has 1 aliphatic heterocycles. The molecule has 1 saturated heterocycles. The molecule has 1 heterocycles. The Labute approximate surface area is 164 Å². The molecule has 0 amide bonds. The van der Waals surface area contributed by atoms with E-state index >= 15 is 0 Å². The monoisotopic (exact) mass is 374 g/mol. The van der Waals surface area contributed by atoms with E-state index in [9.17, 15) is 0 Å². The van der Waals surface area contributed by atoms with Gasteiger partial charge in [0, 0.05) is 0 Å². The minimum absolute atomic E-state index is 1.31. The van der Waals surface area contributed by atoms with E-state index in [0.717, 1.165) is 0 Å². The Hall–Kier alpha value is -1.91. The minimum atomic E-state index is -2.49. The molecule has 0 saturated carbocycles. The van der Waals surface area contributed by atoms with Crippen molar-refractivity contribution in [2.45, 2.75) is 38.5 Å². The molecule has 3 aromatic rings. The normalized spacial score (nSPS) is 21.0. The van der Waals surface area contributed by atoms with Gasteiger partial charge in [-0.2, -0.15) is 0 Å². The number of hydrogen-bond acceptors (Lipinski definition) is 0. The molecule has 0 nitrogen and oxygen atoms in total. The van der Waals surface area contributed by atoms with Gasteiger partial charge in [0.1, 0.15) is 0 Å². The van der Waals surface area contributed by atoms with E-state index < -0.39 is 6.60 Å². The van der Waals surface area contributed by atoms with Gasteiger partial charge in [0.05, 0.1) is 0 Å². The summed E-state index contributed by atoms with van der Waals surface area (Å²) in [5, 5.41) is 4.76. The average molecular weight is 375 g/mol. The van der Waals surface area contributed by atoms with E-state index in [4.69, 9.17) is 0 Å². The van der Waals surface area contributed by atoms with Crippen molar-refractivity contribution >= 4 is 22.5 Å². The summed E-state index contributed by atoms with van der Waals surface area (Å²) >= 11 is 0. The van der Waals surface area contributed by atoms with Crippen molar-refractivity contribution in [3.05, 3.63) is 91.0 Å². The fraction of sp³-hybridized carbons (Fsp3) is 0.308. The van der Waals surface area contributed by atoms with Gasteiger partial charge in [-0.15, -0.1) is 0 Å². The van der Waals surface area contributed by atoms with Crippen LogP contribution in [0.3, 0.4) is 0 Å². The molecule has 0 aromatic heterocycles. The fourth-order valence-electron chi connectivity index (χ4n) is 5.33. The van der Waals surface area contributed by atoms with Crippen LogP contribution in [0.25, 0.3) is 0 Å². The molecule has 0 N–H and O–H groups in total. The molecule has 1 aliphatic rings. The third-order valence-corrected chi connectivity index (χ3v) is 13.9. The van der Waals surface area contributed by atoms with Crippen LogP contribution in [0.5, 0.6) is 0 Å². The second kappa shape index (κ2) is 7.99. The Morgan fingerprint density at radius 1 is 0.370 bits per heavy atom. The van der Waals surface area contributed by atoms with E-state index in [0.29, 0.717) is 0 Å². The summed E-state index contributed by atoms with van der Waals surface area (Å²) in [4.78, 5) is 0. The first-order chi connectivity index (χ1) is 13.4. The summed E-state index contributed by atoms with van der Waals surface area (Å²) in [7, 11) is 0. The van der Waals surface area contributed by atoms with Gasteiger partial charge in [-0.1, -0.05) is 0 Å². The predicted octanol–water partition coefficient (Wildman–Crippen LogP) is 5.87. The Morgan fingerprint density at radius 2 is 0.667 bits per heavy atom. The van der Waals surface area contributed by atoms with E-state index in [1.807, 2.05) is 0 Å².